The Labute approximate surface area is 116 Å². The standard InChI is InChI=1S/C14H18F2N2O2/c1-14(4-3-5-20-14)8-18-13(19)9-6-10(15)12(17-2)11(16)7-9/h6-7,17H,3-5,8H2,1-2H3,(H,18,19). The van der Waals surface area contributed by atoms with Gasteiger partial charge in [0.1, 0.15) is 17.3 Å². The summed E-state index contributed by atoms with van der Waals surface area (Å²) in [5, 5.41) is 5.07. The van der Waals surface area contributed by atoms with E-state index in [0.29, 0.717) is 13.2 Å². The van der Waals surface area contributed by atoms with E-state index in [1.807, 2.05) is 6.92 Å². The number of rotatable bonds is 4. The molecule has 1 aliphatic rings. The van der Waals surface area contributed by atoms with Gasteiger partial charge in [-0.15, -0.1) is 0 Å². The Balaban J connectivity index is 2.06. The highest BCUT2D eigenvalue weighted by molar-refractivity contribution is 5.94. The fraction of sp³-hybridized carbons (Fsp3) is 0.500. The number of benzene rings is 1. The minimum Gasteiger partial charge on any atom is -0.383 e. The Bertz CT molecular complexity index is 491. The number of carbonyl (C=O) groups is 1. The molecule has 0 saturated carbocycles. The first-order chi connectivity index (χ1) is 9.45. The molecule has 1 aromatic carbocycles. The van der Waals surface area contributed by atoms with Crippen LogP contribution < -0.4 is 10.6 Å². The van der Waals surface area contributed by atoms with Crippen molar-refractivity contribution in [2.24, 2.45) is 0 Å². The molecule has 0 bridgehead atoms. The molecule has 4 nitrogen and oxygen atoms in total. The molecule has 0 radical (unpaired) electrons. The van der Waals surface area contributed by atoms with E-state index in [0.717, 1.165) is 25.0 Å². The molecule has 1 aliphatic heterocycles. The monoisotopic (exact) mass is 284 g/mol. The molecule has 0 spiro atoms. The van der Waals surface area contributed by atoms with Crippen LogP contribution in [0.25, 0.3) is 0 Å². The number of nitrogens with one attached hydrogen (secondary N) is 2. The summed E-state index contributed by atoms with van der Waals surface area (Å²) in [6.07, 6.45) is 1.81. The van der Waals surface area contributed by atoms with Crippen LogP contribution in [-0.2, 0) is 4.74 Å². The van der Waals surface area contributed by atoms with Gasteiger partial charge in [-0.25, -0.2) is 8.78 Å². The molecule has 1 amide bonds. The number of carbonyl (C=O) groups excluding carboxylic acids is 1. The highest BCUT2D eigenvalue weighted by Crippen LogP contribution is 2.24. The van der Waals surface area contributed by atoms with Crippen LogP contribution in [-0.4, -0.2) is 31.7 Å². The summed E-state index contributed by atoms with van der Waals surface area (Å²) in [5.41, 5.74) is -0.675. The molecule has 20 heavy (non-hydrogen) atoms. The van der Waals surface area contributed by atoms with Crippen molar-refractivity contribution in [3.8, 4) is 0 Å². The van der Waals surface area contributed by atoms with Gasteiger partial charge >= 0.3 is 0 Å². The van der Waals surface area contributed by atoms with Crippen molar-refractivity contribution in [3.05, 3.63) is 29.3 Å². The molecular weight excluding hydrogens is 266 g/mol. The first kappa shape index (κ1) is 14.7. The predicted octanol–water partition coefficient (Wildman–Crippen LogP) is 2.31. The van der Waals surface area contributed by atoms with E-state index in [1.165, 1.54) is 7.05 Å². The number of hydrogen-bond acceptors (Lipinski definition) is 3. The number of anilines is 1. The van der Waals surface area contributed by atoms with Crippen molar-refractivity contribution in [1.29, 1.82) is 0 Å². The van der Waals surface area contributed by atoms with Crippen LogP contribution in [0.5, 0.6) is 0 Å². The van der Waals surface area contributed by atoms with Gasteiger partial charge in [-0.05, 0) is 31.9 Å². The van der Waals surface area contributed by atoms with Crippen LogP contribution in [0.2, 0.25) is 0 Å². The van der Waals surface area contributed by atoms with E-state index >= 15 is 0 Å². The predicted molar refractivity (Wildman–Crippen MR) is 71.8 cm³/mol. The number of hydrogen-bond donors (Lipinski definition) is 2. The minimum atomic E-state index is -0.791. The Morgan fingerprint density at radius 3 is 2.55 bits per heavy atom. The topological polar surface area (TPSA) is 50.4 Å². The fourth-order valence-electron chi connectivity index (χ4n) is 2.29. The molecule has 110 valence electrons. The lowest BCUT2D eigenvalue weighted by molar-refractivity contribution is 0.0206. The molecule has 1 aromatic rings. The van der Waals surface area contributed by atoms with Gasteiger partial charge in [0.2, 0.25) is 0 Å². The van der Waals surface area contributed by atoms with Gasteiger partial charge in [0.25, 0.3) is 5.91 Å². The zero-order chi connectivity index (χ0) is 14.8. The third-order valence-electron chi connectivity index (χ3n) is 3.48. The molecule has 6 heteroatoms. The first-order valence-electron chi connectivity index (χ1n) is 6.54. The maximum atomic E-state index is 13.6. The van der Waals surface area contributed by atoms with Crippen molar-refractivity contribution >= 4 is 11.6 Å². The normalized spacial score (nSPS) is 21.8. The van der Waals surface area contributed by atoms with Gasteiger partial charge in [-0.2, -0.15) is 0 Å². The second-order valence-corrected chi connectivity index (χ2v) is 5.15. The van der Waals surface area contributed by atoms with E-state index in [2.05, 4.69) is 10.6 Å². The van der Waals surface area contributed by atoms with Gasteiger partial charge in [-0.1, -0.05) is 0 Å². The number of amides is 1. The molecular formula is C14H18F2N2O2. The Morgan fingerprint density at radius 2 is 2.05 bits per heavy atom. The number of ether oxygens (including phenoxy) is 1. The van der Waals surface area contributed by atoms with Gasteiger partial charge < -0.3 is 15.4 Å². The zero-order valence-corrected chi connectivity index (χ0v) is 11.6. The smallest absolute Gasteiger partial charge is 0.251 e. The van der Waals surface area contributed by atoms with Crippen molar-refractivity contribution in [3.63, 3.8) is 0 Å². The summed E-state index contributed by atoms with van der Waals surface area (Å²) < 4.78 is 32.7. The van der Waals surface area contributed by atoms with Crippen molar-refractivity contribution in [2.75, 3.05) is 25.5 Å². The van der Waals surface area contributed by atoms with Gasteiger partial charge in [0.05, 0.1) is 5.60 Å². The summed E-state index contributed by atoms with van der Waals surface area (Å²) in [7, 11) is 1.42. The Kier molecular flexibility index (Phi) is 4.23. The first-order valence-corrected chi connectivity index (χ1v) is 6.54. The molecule has 1 fully saturated rings. The second kappa shape index (κ2) is 5.75. The lowest BCUT2D eigenvalue weighted by Crippen LogP contribution is -2.40. The second-order valence-electron chi connectivity index (χ2n) is 5.15. The van der Waals surface area contributed by atoms with Crippen LogP contribution in [0.1, 0.15) is 30.1 Å². The van der Waals surface area contributed by atoms with Gasteiger partial charge in [0.15, 0.2) is 0 Å². The summed E-state index contributed by atoms with van der Waals surface area (Å²) in [6.45, 7) is 2.90. The molecule has 1 atom stereocenters. The average Bonchev–Trinajstić information content (AvgIpc) is 2.83. The highest BCUT2D eigenvalue weighted by Gasteiger charge is 2.30. The molecule has 1 heterocycles. The molecule has 2 rings (SSSR count). The molecule has 1 saturated heterocycles. The van der Waals surface area contributed by atoms with Crippen LogP contribution in [0.4, 0.5) is 14.5 Å². The van der Waals surface area contributed by atoms with Crippen LogP contribution in [0.15, 0.2) is 12.1 Å². The molecule has 1 unspecified atom stereocenters. The summed E-state index contributed by atoms with van der Waals surface area (Å²) >= 11 is 0. The zero-order valence-electron chi connectivity index (χ0n) is 11.6. The van der Waals surface area contributed by atoms with Crippen molar-refractivity contribution < 1.29 is 18.3 Å². The Morgan fingerprint density at radius 1 is 1.40 bits per heavy atom. The molecule has 0 aromatic heterocycles. The average molecular weight is 284 g/mol. The summed E-state index contributed by atoms with van der Waals surface area (Å²) in [6, 6.07) is 2.03. The third-order valence-corrected chi connectivity index (χ3v) is 3.48. The van der Waals surface area contributed by atoms with Crippen molar-refractivity contribution in [1.82, 2.24) is 5.32 Å². The summed E-state index contributed by atoms with van der Waals surface area (Å²) in [4.78, 5) is 11.9. The minimum absolute atomic E-state index is 0.0411. The van der Waals surface area contributed by atoms with E-state index in [-0.39, 0.29) is 11.3 Å². The van der Waals surface area contributed by atoms with E-state index in [9.17, 15) is 13.6 Å². The van der Waals surface area contributed by atoms with Crippen molar-refractivity contribution in [2.45, 2.75) is 25.4 Å². The lowest BCUT2D eigenvalue weighted by Gasteiger charge is -2.23. The Hall–Kier alpha value is -1.69. The SMILES string of the molecule is CNc1c(F)cc(C(=O)NCC2(C)CCCO2)cc1F. The van der Waals surface area contributed by atoms with Crippen LogP contribution in [0, 0.1) is 11.6 Å². The molecule has 0 aliphatic carbocycles. The summed E-state index contributed by atoms with van der Waals surface area (Å²) in [5.74, 6) is -2.09. The van der Waals surface area contributed by atoms with E-state index in [1.54, 1.807) is 0 Å². The quantitative estimate of drug-likeness (QED) is 0.892. The maximum absolute atomic E-state index is 13.6. The third kappa shape index (κ3) is 3.07. The van der Waals surface area contributed by atoms with Crippen LogP contribution >= 0.6 is 0 Å². The molecule has 2 N–H and O–H groups in total. The largest absolute Gasteiger partial charge is 0.383 e. The van der Waals surface area contributed by atoms with E-state index < -0.39 is 23.1 Å². The highest BCUT2D eigenvalue weighted by atomic mass is 19.1. The fourth-order valence-corrected chi connectivity index (χ4v) is 2.29. The maximum Gasteiger partial charge on any atom is 0.251 e. The van der Waals surface area contributed by atoms with Gasteiger partial charge in [0, 0.05) is 25.8 Å². The lowest BCUT2D eigenvalue weighted by atomic mass is 10.0. The van der Waals surface area contributed by atoms with E-state index in [4.69, 9.17) is 4.74 Å². The van der Waals surface area contributed by atoms with Gasteiger partial charge in [-0.3, -0.25) is 4.79 Å². The number of halogens is 2. The van der Waals surface area contributed by atoms with Crippen LogP contribution in [0.3, 0.4) is 0 Å².